The van der Waals surface area contributed by atoms with Crippen LogP contribution in [0.25, 0.3) is 0 Å². The highest BCUT2D eigenvalue weighted by molar-refractivity contribution is 5.57. The average Bonchev–Trinajstić information content (AvgIpc) is 3.01. The van der Waals surface area contributed by atoms with Crippen molar-refractivity contribution in [1.82, 2.24) is 0 Å². The van der Waals surface area contributed by atoms with E-state index in [0.717, 1.165) is 28.5 Å². The van der Waals surface area contributed by atoms with Gasteiger partial charge in [-0.15, -0.1) is 0 Å². The van der Waals surface area contributed by atoms with Crippen LogP contribution < -0.4 is 0 Å². The first-order valence-electron chi connectivity index (χ1n) is 13.4. The largest absolute Gasteiger partial charge is 0.388 e. The maximum Gasteiger partial charge on any atom is 0.151 e. The summed E-state index contributed by atoms with van der Waals surface area (Å²) in [6.45, 7) is 0.968. The lowest BCUT2D eigenvalue weighted by Crippen LogP contribution is -2.50. The van der Waals surface area contributed by atoms with Gasteiger partial charge in [0.15, 0.2) is 6.29 Å². The minimum absolute atomic E-state index is 0.0101. The topological polar surface area (TPSA) is 74.2 Å². The quantitative estimate of drug-likeness (QED) is 0.178. The monoisotopic (exact) mass is 540 g/mol. The molecular formula is C34H36O6. The van der Waals surface area contributed by atoms with Crippen LogP contribution in [0.1, 0.15) is 22.3 Å². The van der Waals surface area contributed by atoms with Crippen molar-refractivity contribution >= 4 is 6.29 Å². The van der Waals surface area contributed by atoms with Gasteiger partial charge < -0.3 is 28.8 Å². The van der Waals surface area contributed by atoms with Gasteiger partial charge in [-0.3, -0.25) is 0 Å². The minimum atomic E-state index is -1.09. The van der Waals surface area contributed by atoms with Crippen molar-refractivity contribution in [3.8, 4) is 0 Å². The standard InChI is InChI=1S/C34H36O6/c35-21-32(38-23-28-15-7-2-8-16-28)34(40-25-30-19-11-4-12-20-30)33(39-24-29-17-9-3-10-18-29)31(36)26-37-22-27-13-5-1-6-14-27/h1-21,31-34,36H,22-26H2/t31-,32+,33+,34-/m1/s1. The third-order valence-corrected chi connectivity index (χ3v) is 6.42. The molecule has 0 aromatic heterocycles. The number of ether oxygens (including phenoxy) is 4. The lowest BCUT2D eigenvalue weighted by atomic mass is 10.0. The van der Waals surface area contributed by atoms with Gasteiger partial charge in [0, 0.05) is 0 Å². The van der Waals surface area contributed by atoms with Crippen LogP contribution in [0.4, 0.5) is 0 Å². The van der Waals surface area contributed by atoms with Crippen molar-refractivity contribution in [2.45, 2.75) is 50.8 Å². The van der Waals surface area contributed by atoms with Crippen LogP contribution in [-0.4, -0.2) is 42.4 Å². The highest BCUT2D eigenvalue weighted by atomic mass is 16.6. The molecule has 4 atom stereocenters. The maximum absolute atomic E-state index is 12.4. The number of aliphatic hydroxyl groups excluding tert-OH is 1. The highest BCUT2D eigenvalue weighted by Gasteiger charge is 2.37. The Morgan fingerprint density at radius 2 is 0.900 bits per heavy atom. The molecule has 4 rings (SSSR count). The second-order valence-corrected chi connectivity index (χ2v) is 9.49. The first-order chi connectivity index (χ1) is 19.7. The van der Waals surface area contributed by atoms with E-state index in [2.05, 4.69) is 0 Å². The van der Waals surface area contributed by atoms with Gasteiger partial charge in [-0.1, -0.05) is 121 Å². The van der Waals surface area contributed by atoms with Crippen molar-refractivity contribution in [2.24, 2.45) is 0 Å². The van der Waals surface area contributed by atoms with E-state index in [1.165, 1.54) is 0 Å². The number of carbonyl (C=O) groups excluding carboxylic acids is 1. The van der Waals surface area contributed by atoms with Gasteiger partial charge in [-0.05, 0) is 22.3 Å². The first kappa shape index (κ1) is 29.3. The van der Waals surface area contributed by atoms with Crippen molar-refractivity contribution in [3.05, 3.63) is 144 Å². The van der Waals surface area contributed by atoms with Crippen molar-refractivity contribution in [3.63, 3.8) is 0 Å². The predicted molar refractivity (Wildman–Crippen MR) is 153 cm³/mol. The van der Waals surface area contributed by atoms with Gasteiger partial charge in [-0.25, -0.2) is 0 Å². The molecule has 0 aliphatic carbocycles. The molecule has 0 spiro atoms. The van der Waals surface area contributed by atoms with E-state index in [-0.39, 0.29) is 26.4 Å². The molecule has 4 aromatic carbocycles. The molecule has 0 heterocycles. The van der Waals surface area contributed by atoms with Gasteiger partial charge in [0.05, 0.1) is 33.0 Å². The molecule has 1 N–H and O–H groups in total. The fraction of sp³-hybridized carbons (Fsp3) is 0.265. The molecule has 0 fully saturated rings. The third kappa shape index (κ3) is 9.52. The summed E-state index contributed by atoms with van der Waals surface area (Å²) in [5.41, 5.74) is 3.77. The zero-order valence-corrected chi connectivity index (χ0v) is 22.5. The molecule has 6 nitrogen and oxygen atoms in total. The zero-order chi connectivity index (χ0) is 27.8. The predicted octanol–water partition coefficient (Wildman–Crippen LogP) is 5.52. The molecule has 0 saturated carbocycles. The Morgan fingerprint density at radius 3 is 1.32 bits per heavy atom. The summed E-state index contributed by atoms with van der Waals surface area (Å²) in [6.07, 6.45) is -3.18. The Labute approximate surface area is 236 Å². The molecule has 0 unspecified atom stereocenters. The molecule has 6 heteroatoms. The van der Waals surface area contributed by atoms with E-state index in [1.807, 2.05) is 121 Å². The van der Waals surface area contributed by atoms with Crippen LogP contribution in [0.5, 0.6) is 0 Å². The van der Waals surface area contributed by atoms with Gasteiger partial charge in [0.25, 0.3) is 0 Å². The smallest absolute Gasteiger partial charge is 0.151 e. The molecular weight excluding hydrogens is 504 g/mol. The lowest BCUT2D eigenvalue weighted by Gasteiger charge is -2.34. The molecule has 0 bridgehead atoms. The number of aldehydes is 1. The first-order valence-corrected chi connectivity index (χ1v) is 13.4. The summed E-state index contributed by atoms with van der Waals surface area (Å²) in [5, 5.41) is 11.4. The molecule has 40 heavy (non-hydrogen) atoms. The Hall–Kier alpha value is -3.65. The number of aliphatic hydroxyl groups is 1. The number of rotatable bonds is 17. The molecule has 0 radical (unpaired) electrons. The number of hydrogen-bond acceptors (Lipinski definition) is 6. The van der Waals surface area contributed by atoms with E-state index >= 15 is 0 Å². The summed E-state index contributed by atoms with van der Waals surface area (Å²) >= 11 is 0. The maximum atomic E-state index is 12.4. The van der Waals surface area contributed by atoms with Crippen molar-refractivity contribution < 1.29 is 28.8 Å². The van der Waals surface area contributed by atoms with Crippen LogP contribution in [0.15, 0.2) is 121 Å². The van der Waals surface area contributed by atoms with Gasteiger partial charge >= 0.3 is 0 Å². The fourth-order valence-corrected chi connectivity index (χ4v) is 4.28. The van der Waals surface area contributed by atoms with E-state index in [1.54, 1.807) is 0 Å². The summed E-state index contributed by atoms with van der Waals surface area (Å²) < 4.78 is 24.5. The van der Waals surface area contributed by atoms with Crippen molar-refractivity contribution in [1.29, 1.82) is 0 Å². The second kappa shape index (κ2) is 16.5. The summed E-state index contributed by atoms with van der Waals surface area (Å²) in [5.74, 6) is 0. The molecule has 208 valence electrons. The second-order valence-electron chi connectivity index (χ2n) is 9.49. The Balaban J connectivity index is 1.53. The Bertz CT molecular complexity index is 1220. The number of hydrogen-bond donors (Lipinski definition) is 1. The molecule has 0 amide bonds. The van der Waals surface area contributed by atoms with Crippen LogP contribution in [0.3, 0.4) is 0 Å². The minimum Gasteiger partial charge on any atom is -0.388 e. The van der Waals surface area contributed by atoms with Crippen LogP contribution in [0, 0.1) is 0 Å². The summed E-state index contributed by atoms with van der Waals surface area (Å²) in [4.78, 5) is 12.4. The Morgan fingerprint density at radius 1 is 0.525 bits per heavy atom. The molecule has 0 saturated heterocycles. The van der Waals surface area contributed by atoms with Crippen LogP contribution >= 0.6 is 0 Å². The molecule has 4 aromatic rings. The van der Waals surface area contributed by atoms with Gasteiger partial charge in [-0.2, -0.15) is 0 Å². The SMILES string of the molecule is O=C[C@H](OCc1ccccc1)[C@@H](OCc1ccccc1)[C@@H](OCc1ccccc1)[C@H](O)COCc1ccccc1. The number of benzene rings is 4. The summed E-state index contributed by atoms with van der Waals surface area (Å²) in [7, 11) is 0. The summed E-state index contributed by atoms with van der Waals surface area (Å²) in [6, 6.07) is 38.7. The molecule has 0 aliphatic heterocycles. The third-order valence-electron chi connectivity index (χ3n) is 6.42. The average molecular weight is 541 g/mol. The van der Waals surface area contributed by atoms with E-state index in [0.29, 0.717) is 6.61 Å². The van der Waals surface area contributed by atoms with E-state index < -0.39 is 24.4 Å². The molecule has 0 aliphatic rings. The van der Waals surface area contributed by atoms with E-state index in [9.17, 15) is 9.90 Å². The lowest BCUT2D eigenvalue weighted by molar-refractivity contribution is -0.185. The number of carbonyl (C=O) groups is 1. The van der Waals surface area contributed by atoms with Gasteiger partial charge in [0.1, 0.15) is 24.4 Å². The Kier molecular flexibility index (Phi) is 12.1. The van der Waals surface area contributed by atoms with Crippen molar-refractivity contribution in [2.75, 3.05) is 6.61 Å². The van der Waals surface area contributed by atoms with E-state index in [4.69, 9.17) is 18.9 Å². The normalized spacial score (nSPS) is 14.2. The zero-order valence-electron chi connectivity index (χ0n) is 22.5. The highest BCUT2D eigenvalue weighted by Crippen LogP contribution is 2.21. The van der Waals surface area contributed by atoms with Crippen LogP contribution in [0.2, 0.25) is 0 Å². The fourth-order valence-electron chi connectivity index (χ4n) is 4.28. The van der Waals surface area contributed by atoms with Gasteiger partial charge in [0.2, 0.25) is 0 Å². The van der Waals surface area contributed by atoms with Crippen LogP contribution in [-0.2, 0) is 50.2 Å².